The van der Waals surface area contributed by atoms with Gasteiger partial charge in [-0.3, -0.25) is 4.72 Å². The zero-order valence-electron chi connectivity index (χ0n) is 16.6. The normalized spacial score (nSPS) is 12.2. The van der Waals surface area contributed by atoms with Crippen molar-refractivity contribution in [3.05, 3.63) is 47.5 Å². The molecule has 0 saturated heterocycles. The molecular formula is C20H25NO6S. The Balaban J connectivity index is 2.46. The van der Waals surface area contributed by atoms with Crippen LogP contribution in [0.2, 0.25) is 0 Å². The van der Waals surface area contributed by atoms with Crippen molar-refractivity contribution in [3.8, 4) is 11.5 Å². The van der Waals surface area contributed by atoms with E-state index in [0.717, 1.165) is 12.0 Å². The van der Waals surface area contributed by atoms with E-state index in [-0.39, 0.29) is 27.6 Å². The Hall–Kier alpha value is -2.74. The molecule has 0 saturated carbocycles. The molecular weight excluding hydrogens is 382 g/mol. The fourth-order valence-corrected chi connectivity index (χ4v) is 3.73. The van der Waals surface area contributed by atoms with Gasteiger partial charge in [-0.05, 0) is 30.0 Å². The molecule has 0 heterocycles. The number of anilines is 1. The summed E-state index contributed by atoms with van der Waals surface area (Å²) < 4.78 is 43.3. The maximum atomic E-state index is 12.8. The van der Waals surface area contributed by atoms with E-state index in [0.29, 0.717) is 5.92 Å². The zero-order chi connectivity index (χ0) is 20.9. The molecule has 8 heteroatoms. The minimum atomic E-state index is -3.93. The van der Waals surface area contributed by atoms with E-state index in [2.05, 4.69) is 18.6 Å². The van der Waals surface area contributed by atoms with Crippen LogP contribution in [0.3, 0.4) is 0 Å². The summed E-state index contributed by atoms with van der Waals surface area (Å²) in [6, 6.07) is 9.42. The average molecular weight is 407 g/mol. The van der Waals surface area contributed by atoms with Gasteiger partial charge in [-0.2, -0.15) is 0 Å². The van der Waals surface area contributed by atoms with Gasteiger partial charge in [0.05, 0.1) is 37.5 Å². The van der Waals surface area contributed by atoms with Crippen LogP contribution in [0.1, 0.15) is 42.1 Å². The van der Waals surface area contributed by atoms with E-state index < -0.39 is 16.0 Å². The molecule has 0 aliphatic heterocycles. The number of hydrogen-bond donors (Lipinski definition) is 1. The first kappa shape index (κ1) is 21.6. The monoisotopic (exact) mass is 407 g/mol. The lowest BCUT2D eigenvalue weighted by molar-refractivity contribution is 0.0601. The van der Waals surface area contributed by atoms with E-state index in [1.807, 2.05) is 0 Å². The summed E-state index contributed by atoms with van der Waals surface area (Å²) in [5.74, 6) is 0.191. The van der Waals surface area contributed by atoms with Crippen LogP contribution in [0.5, 0.6) is 11.5 Å². The largest absolute Gasteiger partial charge is 0.493 e. The van der Waals surface area contributed by atoms with Crippen molar-refractivity contribution in [2.45, 2.75) is 31.1 Å². The van der Waals surface area contributed by atoms with Crippen molar-refractivity contribution in [3.63, 3.8) is 0 Å². The van der Waals surface area contributed by atoms with E-state index in [4.69, 9.17) is 14.2 Å². The van der Waals surface area contributed by atoms with Crippen LogP contribution >= 0.6 is 0 Å². The molecule has 1 N–H and O–H groups in total. The van der Waals surface area contributed by atoms with E-state index in [9.17, 15) is 13.2 Å². The van der Waals surface area contributed by atoms with Crippen LogP contribution in [-0.4, -0.2) is 35.7 Å². The highest BCUT2D eigenvalue weighted by atomic mass is 32.2. The number of nitrogens with one attached hydrogen (secondary N) is 1. The Morgan fingerprint density at radius 2 is 1.61 bits per heavy atom. The molecule has 0 radical (unpaired) electrons. The highest BCUT2D eigenvalue weighted by Gasteiger charge is 2.22. The van der Waals surface area contributed by atoms with Crippen LogP contribution in [0, 0.1) is 0 Å². The number of benzene rings is 2. The highest BCUT2D eigenvalue weighted by Crippen LogP contribution is 2.35. The summed E-state index contributed by atoms with van der Waals surface area (Å²) in [7, 11) is 0.124. The van der Waals surface area contributed by atoms with Crippen molar-refractivity contribution in [1.29, 1.82) is 0 Å². The third-order valence-corrected chi connectivity index (χ3v) is 5.93. The second-order valence-corrected chi connectivity index (χ2v) is 7.91. The molecule has 2 rings (SSSR count). The van der Waals surface area contributed by atoms with Gasteiger partial charge in [0.15, 0.2) is 11.5 Å². The van der Waals surface area contributed by atoms with E-state index in [1.165, 1.54) is 33.5 Å². The van der Waals surface area contributed by atoms with E-state index >= 15 is 0 Å². The number of esters is 1. The lowest BCUT2D eigenvalue weighted by Gasteiger charge is -2.16. The molecule has 2 aromatic rings. The molecule has 0 fully saturated rings. The maximum absolute atomic E-state index is 12.8. The molecule has 0 spiro atoms. The lowest BCUT2D eigenvalue weighted by Crippen LogP contribution is -2.16. The van der Waals surface area contributed by atoms with Gasteiger partial charge in [0, 0.05) is 12.1 Å². The first-order valence-electron chi connectivity index (χ1n) is 8.74. The number of ether oxygens (including phenoxy) is 3. The van der Waals surface area contributed by atoms with Crippen LogP contribution in [0.25, 0.3) is 0 Å². The fourth-order valence-electron chi connectivity index (χ4n) is 2.66. The summed E-state index contributed by atoms with van der Waals surface area (Å²) >= 11 is 0. The van der Waals surface area contributed by atoms with E-state index in [1.54, 1.807) is 24.3 Å². The molecule has 0 unspecified atom stereocenters. The molecule has 0 amide bonds. The lowest BCUT2D eigenvalue weighted by atomic mass is 9.99. The third kappa shape index (κ3) is 4.56. The molecule has 7 nitrogen and oxygen atoms in total. The van der Waals surface area contributed by atoms with Crippen LogP contribution in [0.4, 0.5) is 5.69 Å². The second kappa shape index (κ2) is 8.97. The molecule has 0 bridgehead atoms. The van der Waals surface area contributed by atoms with Crippen LogP contribution < -0.4 is 14.2 Å². The van der Waals surface area contributed by atoms with Crippen LogP contribution in [-0.2, 0) is 14.8 Å². The maximum Gasteiger partial charge on any atom is 0.340 e. The summed E-state index contributed by atoms with van der Waals surface area (Å²) in [6.07, 6.45) is 0.957. The van der Waals surface area contributed by atoms with Gasteiger partial charge >= 0.3 is 5.97 Å². The van der Waals surface area contributed by atoms with Crippen molar-refractivity contribution in [1.82, 2.24) is 0 Å². The molecule has 152 valence electrons. The highest BCUT2D eigenvalue weighted by molar-refractivity contribution is 7.92. The Bertz CT molecular complexity index is 938. The minimum absolute atomic E-state index is 0.0138. The molecule has 0 aliphatic carbocycles. The molecule has 28 heavy (non-hydrogen) atoms. The SMILES string of the molecule is CC[C@H](C)c1ccc(S(=O)(=O)Nc2cc(OC)c(OC)cc2C(=O)OC)cc1. The zero-order valence-corrected chi connectivity index (χ0v) is 17.4. The van der Waals surface area contributed by atoms with Gasteiger partial charge in [0.2, 0.25) is 0 Å². The Morgan fingerprint density at radius 3 is 2.11 bits per heavy atom. The second-order valence-electron chi connectivity index (χ2n) is 6.23. The molecule has 1 atom stereocenters. The average Bonchev–Trinajstić information content (AvgIpc) is 2.71. The summed E-state index contributed by atoms with van der Waals surface area (Å²) in [6.45, 7) is 4.15. The summed E-state index contributed by atoms with van der Waals surface area (Å²) in [5, 5.41) is 0. The Kier molecular flexibility index (Phi) is 6.90. The number of carbonyl (C=O) groups is 1. The van der Waals surface area contributed by atoms with Gasteiger partial charge in [-0.15, -0.1) is 0 Å². The van der Waals surface area contributed by atoms with Crippen molar-refractivity contribution in [2.75, 3.05) is 26.1 Å². The van der Waals surface area contributed by atoms with Crippen molar-refractivity contribution < 1.29 is 27.4 Å². The Morgan fingerprint density at radius 1 is 1.04 bits per heavy atom. The first-order valence-corrected chi connectivity index (χ1v) is 10.2. The quantitative estimate of drug-likeness (QED) is 0.669. The predicted octanol–water partition coefficient (Wildman–Crippen LogP) is 3.80. The Labute approximate surface area is 165 Å². The first-order chi connectivity index (χ1) is 13.3. The standard InChI is InChI=1S/C20H25NO6S/c1-6-13(2)14-7-9-15(10-8-14)28(23,24)21-17-12-19(26-4)18(25-3)11-16(17)20(22)27-5/h7-13,21H,6H2,1-5H3/t13-/m0/s1. The summed E-state index contributed by atoms with van der Waals surface area (Å²) in [5.41, 5.74) is 1.11. The predicted molar refractivity (Wildman–Crippen MR) is 107 cm³/mol. The van der Waals surface area contributed by atoms with Gasteiger partial charge in [0.1, 0.15) is 0 Å². The molecule has 0 aromatic heterocycles. The van der Waals surface area contributed by atoms with Gasteiger partial charge < -0.3 is 14.2 Å². The summed E-state index contributed by atoms with van der Waals surface area (Å²) in [4.78, 5) is 12.2. The number of hydrogen-bond acceptors (Lipinski definition) is 6. The number of carbonyl (C=O) groups excluding carboxylic acids is 1. The van der Waals surface area contributed by atoms with Gasteiger partial charge in [0.25, 0.3) is 10.0 Å². The number of rotatable bonds is 8. The fraction of sp³-hybridized carbons (Fsp3) is 0.350. The van der Waals surface area contributed by atoms with Crippen molar-refractivity contribution >= 4 is 21.7 Å². The third-order valence-electron chi connectivity index (χ3n) is 4.55. The van der Waals surface area contributed by atoms with Crippen molar-refractivity contribution in [2.24, 2.45) is 0 Å². The molecule has 0 aliphatic rings. The van der Waals surface area contributed by atoms with Crippen LogP contribution in [0.15, 0.2) is 41.3 Å². The van der Waals surface area contributed by atoms with Gasteiger partial charge in [-0.25, -0.2) is 13.2 Å². The number of methoxy groups -OCH3 is 3. The molecule has 2 aromatic carbocycles. The number of sulfonamides is 1. The van der Waals surface area contributed by atoms with Gasteiger partial charge in [-0.1, -0.05) is 26.0 Å². The topological polar surface area (TPSA) is 90.9 Å². The smallest absolute Gasteiger partial charge is 0.340 e. The minimum Gasteiger partial charge on any atom is -0.493 e.